The third-order valence-corrected chi connectivity index (χ3v) is 5.95. The molecule has 1 atom stereocenters. The summed E-state index contributed by atoms with van der Waals surface area (Å²) in [6.45, 7) is 5.95. The van der Waals surface area contributed by atoms with Crippen molar-refractivity contribution < 1.29 is 27.4 Å². The molecule has 0 saturated carbocycles. The Labute approximate surface area is 184 Å². The summed E-state index contributed by atoms with van der Waals surface area (Å²) >= 11 is 0. The van der Waals surface area contributed by atoms with Crippen molar-refractivity contribution in [2.45, 2.75) is 26.8 Å². The zero-order valence-corrected chi connectivity index (χ0v) is 19.6. The van der Waals surface area contributed by atoms with E-state index in [2.05, 4.69) is 5.32 Å². The summed E-state index contributed by atoms with van der Waals surface area (Å²) in [5, 5.41) is 2.73. The van der Waals surface area contributed by atoms with E-state index in [1.165, 1.54) is 27.2 Å². The summed E-state index contributed by atoms with van der Waals surface area (Å²) in [6.07, 6.45) is 1.05. The number of carbonyl (C=O) groups is 1. The van der Waals surface area contributed by atoms with Crippen LogP contribution in [0.2, 0.25) is 0 Å². The van der Waals surface area contributed by atoms with Crippen molar-refractivity contribution >= 4 is 21.6 Å². The van der Waals surface area contributed by atoms with Gasteiger partial charge >= 0.3 is 0 Å². The third-order valence-electron chi connectivity index (χ3n) is 4.71. The van der Waals surface area contributed by atoms with Crippen molar-refractivity contribution in [2.24, 2.45) is 0 Å². The van der Waals surface area contributed by atoms with Crippen LogP contribution < -0.4 is 23.8 Å². The topological polar surface area (TPSA) is 94.2 Å². The highest BCUT2D eigenvalue weighted by atomic mass is 32.2. The van der Waals surface area contributed by atoms with Gasteiger partial charge in [0.2, 0.25) is 15.9 Å². The van der Waals surface area contributed by atoms with E-state index in [-0.39, 0.29) is 13.2 Å². The smallest absolute Gasteiger partial charge is 0.243 e. The van der Waals surface area contributed by atoms with Crippen LogP contribution in [-0.4, -0.2) is 54.0 Å². The second-order valence-electron chi connectivity index (χ2n) is 7.18. The fraction of sp³-hybridized carbons (Fsp3) is 0.409. The molecule has 0 radical (unpaired) electrons. The lowest BCUT2D eigenvalue weighted by atomic mass is 10.1. The lowest BCUT2D eigenvalue weighted by Gasteiger charge is -2.28. The first kappa shape index (κ1) is 24.3. The predicted octanol–water partition coefficient (Wildman–Crippen LogP) is 2.67. The molecule has 0 bridgehead atoms. The molecule has 0 aliphatic heterocycles. The van der Waals surface area contributed by atoms with Crippen LogP contribution in [0.5, 0.6) is 17.2 Å². The summed E-state index contributed by atoms with van der Waals surface area (Å²) in [7, 11) is -0.801. The number of hydrogen-bond donors (Lipinski definition) is 1. The quantitative estimate of drug-likeness (QED) is 0.560. The maximum Gasteiger partial charge on any atom is 0.243 e. The molecule has 0 heterocycles. The molecule has 0 fully saturated rings. The number of methoxy groups -OCH3 is 2. The van der Waals surface area contributed by atoms with Crippen LogP contribution in [0.25, 0.3) is 0 Å². The molecule has 0 aliphatic carbocycles. The zero-order valence-electron chi connectivity index (χ0n) is 18.8. The van der Waals surface area contributed by atoms with Crippen LogP contribution in [-0.2, 0) is 14.8 Å². The van der Waals surface area contributed by atoms with Crippen molar-refractivity contribution in [3.63, 3.8) is 0 Å². The van der Waals surface area contributed by atoms with E-state index >= 15 is 0 Å². The second-order valence-corrected chi connectivity index (χ2v) is 9.04. The lowest BCUT2D eigenvalue weighted by molar-refractivity contribution is -0.121. The summed E-state index contributed by atoms with van der Waals surface area (Å²) in [4.78, 5) is 12.7. The van der Waals surface area contributed by atoms with Crippen LogP contribution in [0.4, 0.5) is 5.69 Å². The minimum absolute atomic E-state index is 0.236. The van der Waals surface area contributed by atoms with Crippen LogP contribution in [0.15, 0.2) is 36.4 Å². The van der Waals surface area contributed by atoms with Gasteiger partial charge in [0.1, 0.15) is 18.4 Å². The normalized spacial score (nSPS) is 12.1. The fourth-order valence-corrected chi connectivity index (χ4v) is 4.28. The van der Waals surface area contributed by atoms with Crippen LogP contribution in [0.1, 0.15) is 18.1 Å². The average Bonchev–Trinajstić information content (AvgIpc) is 2.72. The van der Waals surface area contributed by atoms with E-state index < -0.39 is 22.0 Å². The maximum atomic E-state index is 12.7. The number of benzene rings is 2. The van der Waals surface area contributed by atoms with Crippen molar-refractivity contribution in [3.8, 4) is 17.2 Å². The highest BCUT2D eigenvalue weighted by Gasteiger charge is 2.29. The minimum atomic E-state index is -3.75. The summed E-state index contributed by atoms with van der Waals surface area (Å²) < 4.78 is 42.2. The largest absolute Gasteiger partial charge is 0.493 e. The number of carbonyl (C=O) groups excluding carboxylic acids is 1. The van der Waals surface area contributed by atoms with Gasteiger partial charge in [0.05, 0.1) is 32.7 Å². The molecule has 0 saturated heterocycles. The van der Waals surface area contributed by atoms with Gasteiger partial charge in [-0.05, 0) is 50.1 Å². The van der Waals surface area contributed by atoms with Gasteiger partial charge in [-0.2, -0.15) is 0 Å². The molecule has 9 heteroatoms. The number of sulfonamides is 1. The number of hydrogen-bond acceptors (Lipinski definition) is 6. The monoisotopic (exact) mass is 450 g/mol. The number of ether oxygens (including phenoxy) is 3. The molecule has 2 aromatic rings. The summed E-state index contributed by atoms with van der Waals surface area (Å²) in [6, 6.07) is 9.60. The number of anilines is 1. The molecule has 1 amide bonds. The number of nitrogens with zero attached hydrogens (tertiary/aromatic N) is 1. The highest BCUT2D eigenvalue weighted by molar-refractivity contribution is 7.92. The lowest BCUT2D eigenvalue weighted by Crippen LogP contribution is -2.48. The molecule has 170 valence electrons. The standard InChI is InChI=1S/C22H30N2O6S/c1-15-7-8-16(2)20(13-15)30-12-11-23-22(25)17(3)24(31(6,26)27)18-9-10-19(28-4)21(14-18)29-5/h7-10,13-14,17H,11-12H2,1-6H3,(H,23,25). The van der Waals surface area contributed by atoms with Gasteiger partial charge in [-0.3, -0.25) is 9.10 Å². The Bertz CT molecular complexity index is 1020. The van der Waals surface area contributed by atoms with E-state index in [0.717, 1.165) is 27.4 Å². The van der Waals surface area contributed by atoms with Crippen molar-refractivity contribution in [1.82, 2.24) is 5.32 Å². The molecule has 0 spiro atoms. The number of aryl methyl sites for hydroxylation is 2. The van der Waals surface area contributed by atoms with E-state index in [0.29, 0.717) is 17.2 Å². The van der Waals surface area contributed by atoms with E-state index in [9.17, 15) is 13.2 Å². The Kier molecular flexibility index (Phi) is 8.15. The van der Waals surface area contributed by atoms with Gasteiger partial charge in [-0.15, -0.1) is 0 Å². The van der Waals surface area contributed by atoms with Crippen molar-refractivity contribution in [3.05, 3.63) is 47.5 Å². The van der Waals surface area contributed by atoms with Crippen LogP contribution in [0, 0.1) is 13.8 Å². The second kappa shape index (κ2) is 10.4. The predicted molar refractivity (Wildman–Crippen MR) is 121 cm³/mol. The molecule has 0 aliphatic rings. The molecule has 2 rings (SSSR count). The molecule has 0 aromatic heterocycles. The fourth-order valence-electron chi connectivity index (χ4n) is 3.12. The van der Waals surface area contributed by atoms with Gasteiger partial charge < -0.3 is 19.5 Å². The van der Waals surface area contributed by atoms with Crippen LogP contribution >= 0.6 is 0 Å². The van der Waals surface area contributed by atoms with Gasteiger partial charge in [0, 0.05) is 6.07 Å². The average molecular weight is 451 g/mol. The van der Waals surface area contributed by atoms with Gasteiger partial charge in [-0.25, -0.2) is 8.42 Å². The SMILES string of the molecule is COc1ccc(N(C(C)C(=O)NCCOc2cc(C)ccc2C)S(C)(=O)=O)cc1OC. The van der Waals surface area contributed by atoms with E-state index in [1.807, 2.05) is 32.0 Å². The molecule has 31 heavy (non-hydrogen) atoms. The zero-order chi connectivity index (χ0) is 23.2. The van der Waals surface area contributed by atoms with Crippen molar-refractivity contribution in [2.75, 3.05) is 37.9 Å². The molecule has 1 N–H and O–H groups in total. The number of rotatable bonds is 10. The minimum Gasteiger partial charge on any atom is -0.493 e. The van der Waals surface area contributed by atoms with Gasteiger partial charge in [0.25, 0.3) is 0 Å². The van der Waals surface area contributed by atoms with Gasteiger partial charge in [0.15, 0.2) is 11.5 Å². The first-order valence-corrected chi connectivity index (χ1v) is 11.6. The Morgan fingerprint density at radius 3 is 2.32 bits per heavy atom. The van der Waals surface area contributed by atoms with E-state index in [1.54, 1.807) is 12.1 Å². The number of amides is 1. The molecule has 2 aromatic carbocycles. The molecular formula is C22H30N2O6S. The molecular weight excluding hydrogens is 420 g/mol. The maximum absolute atomic E-state index is 12.7. The Morgan fingerprint density at radius 1 is 1.03 bits per heavy atom. The Balaban J connectivity index is 2.09. The summed E-state index contributed by atoms with van der Waals surface area (Å²) in [5.41, 5.74) is 2.38. The Hall–Kier alpha value is -2.94. The van der Waals surface area contributed by atoms with E-state index in [4.69, 9.17) is 14.2 Å². The van der Waals surface area contributed by atoms with Gasteiger partial charge in [-0.1, -0.05) is 12.1 Å². The summed E-state index contributed by atoms with van der Waals surface area (Å²) in [5.74, 6) is 1.14. The van der Waals surface area contributed by atoms with Crippen LogP contribution in [0.3, 0.4) is 0 Å². The number of nitrogens with one attached hydrogen (secondary N) is 1. The molecule has 8 nitrogen and oxygen atoms in total. The Morgan fingerprint density at radius 2 is 1.71 bits per heavy atom. The van der Waals surface area contributed by atoms with Crippen molar-refractivity contribution in [1.29, 1.82) is 0 Å². The third kappa shape index (κ3) is 6.27. The highest BCUT2D eigenvalue weighted by Crippen LogP contribution is 2.33. The molecule has 1 unspecified atom stereocenters. The first-order chi connectivity index (χ1) is 14.6. The first-order valence-electron chi connectivity index (χ1n) is 9.77.